The average molecular weight is 743 g/mol. The molecule has 3 saturated carbocycles. The van der Waals surface area contributed by atoms with Crippen LogP contribution in [0.5, 0.6) is 0 Å². The van der Waals surface area contributed by atoms with E-state index in [0.29, 0.717) is 5.41 Å². The maximum absolute atomic E-state index is 2.49. The Morgan fingerprint density at radius 2 is 0.929 bits per heavy atom. The van der Waals surface area contributed by atoms with Crippen LogP contribution in [0.25, 0.3) is 31.3 Å². The molecule has 8 aromatic rings. The van der Waals surface area contributed by atoms with Crippen LogP contribution in [0, 0.1) is 17.8 Å². The highest BCUT2D eigenvalue weighted by Crippen LogP contribution is 2.59. The predicted octanol–water partition coefficient (Wildman–Crippen LogP) is 15.5. The van der Waals surface area contributed by atoms with Gasteiger partial charge in [-0.3, -0.25) is 0 Å². The van der Waals surface area contributed by atoms with Gasteiger partial charge in [0.2, 0.25) is 0 Å². The lowest BCUT2D eigenvalue weighted by Gasteiger charge is -2.55. The van der Waals surface area contributed by atoms with Gasteiger partial charge in [-0.15, -0.1) is 11.3 Å². The minimum absolute atomic E-state index is 0.366. The second kappa shape index (κ2) is 13.8. The van der Waals surface area contributed by atoms with Gasteiger partial charge < -0.3 is 9.80 Å². The van der Waals surface area contributed by atoms with Gasteiger partial charge in [0.1, 0.15) is 0 Å². The Kier molecular flexibility index (Phi) is 8.32. The summed E-state index contributed by atoms with van der Waals surface area (Å²) in [6.07, 6.45) is 9.98. The van der Waals surface area contributed by atoms with Crippen molar-refractivity contribution < 1.29 is 0 Å². The van der Waals surface area contributed by atoms with Crippen LogP contribution in [0.3, 0.4) is 0 Å². The van der Waals surface area contributed by atoms with Crippen molar-refractivity contribution in [3.8, 4) is 11.1 Å². The van der Waals surface area contributed by atoms with Gasteiger partial charge in [-0.1, -0.05) is 97.4 Å². The summed E-state index contributed by atoms with van der Waals surface area (Å²) < 4.78 is 2.61. The highest BCUT2D eigenvalue weighted by Gasteiger charge is 2.49. The van der Waals surface area contributed by atoms with Crippen LogP contribution >= 0.6 is 11.3 Å². The number of nitrogens with zero attached hydrogens (tertiary/aromatic N) is 2. The topological polar surface area (TPSA) is 6.48 Å². The molecule has 1 heterocycles. The van der Waals surface area contributed by atoms with Crippen molar-refractivity contribution in [1.82, 2.24) is 0 Å². The summed E-state index contributed by atoms with van der Waals surface area (Å²) in [7, 11) is 0. The van der Waals surface area contributed by atoms with E-state index >= 15 is 0 Å². The smallest absolute Gasteiger partial charge is 0.0468 e. The Balaban J connectivity index is 1.02. The Labute approximate surface area is 334 Å². The van der Waals surface area contributed by atoms with E-state index in [-0.39, 0.29) is 0 Å². The van der Waals surface area contributed by atoms with Crippen LogP contribution < -0.4 is 9.80 Å². The van der Waals surface area contributed by atoms with Gasteiger partial charge in [0.05, 0.1) is 0 Å². The summed E-state index contributed by atoms with van der Waals surface area (Å²) in [5.74, 6) is 2.84. The molecule has 2 nitrogen and oxygen atoms in total. The molecule has 7 aromatic carbocycles. The third-order valence-corrected chi connectivity index (χ3v) is 14.7. The van der Waals surface area contributed by atoms with E-state index in [9.17, 15) is 0 Å². The molecule has 56 heavy (non-hydrogen) atoms. The zero-order valence-electron chi connectivity index (χ0n) is 31.7. The fourth-order valence-electron chi connectivity index (χ4n) is 10.9. The first kappa shape index (κ1) is 33.7. The third-order valence-electron chi connectivity index (χ3n) is 13.5. The van der Waals surface area contributed by atoms with E-state index in [0.717, 1.165) is 34.8 Å². The van der Waals surface area contributed by atoms with Crippen LogP contribution in [0.4, 0.5) is 34.1 Å². The maximum atomic E-state index is 2.49. The fraction of sp³-hybridized carbons (Fsp3) is 0.208. The van der Waals surface area contributed by atoms with Crippen LogP contribution in [0.1, 0.15) is 50.5 Å². The molecule has 274 valence electrons. The van der Waals surface area contributed by atoms with E-state index in [2.05, 4.69) is 186 Å². The molecular weight excluding hydrogens is 697 g/mol. The van der Waals surface area contributed by atoms with Crippen molar-refractivity contribution in [2.45, 2.75) is 50.4 Å². The van der Waals surface area contributed by atoms with Crippen molar-refractivity contribution in [2.24, 2.45) is 17.8 Å². The molecule has 4 unspecified atom stereocenters. The standard InChI is InChI=1S/C53H46N2S/c1-4-10-38(11-5-1)39-18-22-45(23-19-39)55(46-24-20-42(21-25-46)53-31-30-40-17-16-37(35-53)32-41(40)36-53)48-27-29-52-50(34-48)49-33-47(26-28-51(49)56-52)54(43-12-6-2-7-13-43)44-14-8-3-9-15-44/h1-15,18-29,33-34,37,40-41H,16-17,30-32,35-36H2. The summed E-state index contributed by atoms with van der Waals surface area (Å²) in [5.41, 5.74) is 11.4. The molecule has 3 aliphatic rings. The first-order chi connectivity index (χ1) is 27.7. The zero-order chi connectivity index (χ0) is 37.1. The summed E-state index contributed by atoms with van der Waals surface area (Å²) in [6.45, 7) is 0. The van der Waals surface area contributed by atoms with Crippen molar-refractivity contribution in [2.75, 3.05) is 9.80 Å². The van der Waals surface area contributed by atoms with Crippen LogP contribution in [-0.4, -0.2) is 0 Å². The van der Waals surface area contributed by atoms with E-state index < -0.39 is 0 Å². The fourth-order valence-corrected chi connectivity index (χ4v) is 12.0. The Morgan fingerprint density at radius 1 is 0.429 bits per heavy atom. The van der Waals surface area contributed by atoms with Crippen molar-refractivity contribution in [3.63, 3.8) is 0 Å². The van der Waals surface area contributed by atoms with E-state index in [1.807, 2.05) is 11.3 Å². The lowest BCUT2D eigenvalue weighted by molar-refractivity contribution is 0.00964. The summed E-state index contributed by atoms with van der Waals surface area (Å²) in [6, 6.07) is 65.1. The molecule has 3 heteroatoms. The number of para-hydroxylation sites is 2. The molecule has 11 rings (SSSR count). The molecule has 3 fully saturated rings. The van der Waals surface area contributed by atoms with Gasteiger partial charge in [0.25, 0.3) is 0 Å². The molecule has 1 aromatic heterocycles. The van der Waals surface area contributed by atoms with E-state index in [1.165, 1.54) is 93.3 Å². The molecule has 0 spiro atoms. The van der Waals surface area contributed by atoms with Crippen molar-refractivity contribution in [1.29, 1.82) is 0 Å². The molecule has 0 aliphatic heterocycles. The average Bonchev–Trinajstić information content (AvgIpc) is 3.62. The van der Waals surface area contributed by atoms with E-state index in [4.69, 9.17) is 0 Å². The maximum Gasteiger partial charge on any atom is 0.0468 e. The van der Waals surface area contributed by atoms with Crippen molar-refractivity contribution in [3.05, 3.63) is 181 Å². The van der Waals surface area contributed by atoms with Crippen LogP contribution in [0.15, 0.2) is 176 Å². The molecule has 0 saturated heterocycles. The molecule has 4 atom stereocenters. The first-order valence-electron chi connectivity index (χ1n) is 20.6. The number of anilines is 6. The monoisotopic (exact) mass is 742 g/mol. The Hall–Kier alpha value is -5.64. The summed E-state index contributed by atoms with van der Waals surface area (Å²) in [5, 5.41) is 2.57. The Morgan fingerprint density at radius 3 is 1.52 bits per heavy atom. The van der Waals surface area contributed by atoms with Gasteiger partial charge in [-0.25, -0.2) is 0 Å². The minimum Gasteiger partial charge on any atom is -0.310 e. The number of rotatable bonds is 8. The summed E-state index contributed by atoms with van der Waals surface area (Å²) >= 11 is 1.88. The van der Waals surface area contributed by atoms with Gasteiger partial charge in [0, 0.05) is 54.3 Å². The third kappa shape index (κ3) is 5.92. The van der Waals surface area contributed by atoms with Crippen molar-refractivity contribution >= 4 is 65.6 Å². The number of hydrogen-bond donors (Lipinski definition) is 0. The van der Waals surface area contributed by atoms with Gasteiger partial charge in [-0.2, -0.15) is 0 Å². The second-order valence-electron chi connectivity index (χ2n) is 16.7. The van der Waals surface area contributed by atoms with Gasteiger partial charge >= 0.3 is 0 Å². The number of benzene rings is 7. The SMILES string of the molecule is c1ccc(-c2ccc(N(c3ccc(C45CCC6CCC(CC6C4)C5)cc3)c3ccc4sc5ccc(N(c6ccccc6)c6ccccc6)cc5c4c3)cc2)cc1. The first-order valence-corrected chi connectivity index (χ1v) is 21.4. The highest BCUT2D eigenvalue weighted by atomic mass is 32.1. The lowest BCUT2D eigenvalue weighted by Crippen LogP contribution is -2.46. The van der Waals surface area contributed by atoms with Gasteiger partial charge in [0.15, 0.2) is 0 Å². The van der Waals surface area contributed by atoms with Crippen LogP contribution in [0.2, 0.25) is 0 Å². The molecular formula is C53H46N2S. The number of fused-ring (bicyclic) bond motifs is 5. The Bertz CT molecular complexity index is 2590. The zero-order valence-corrected chi connectivity index (χ0v) is 32.5. The largest absolute Gasteiger partial charge is 0.310 e. The lowest BCUT2D eigenvalue weighted by atomic mass is 9.50. The highest BCUT2D eigenvalue weighted by molar-refractivity contribution is 7.25. The minimum atomic E-state index is 0.366. The van der Waals surface area contributed by atoms with Crippen LogP contribution in [-0.2, 0) is 5.41 Å². The molecule has 0 radical (unpaired) electrons. The predicted molar refractivity (Wildman–Crippen MR) is 239 cm³/mol. The van der Waals surface area contributed by atoms with E-state index in [1.54, 1.807) is 5.56 Å². The van der Waals surface area contributed by atoms with Gasteiger partial charge in [-0.05, 0) is 163 Å². The summed E-state index contributed by atoms with van der Waals surface area (Å²) in [4.78, 5) is 4.83. The molecule has 0 amide bonds. The molecule has 3 bridgehead atoms. The number of hydrogen-bond acceptors (Lipinski definition) is 3. The normalized spacial score (nSPS) is 21.3. The molecule has 0 N–H and O–H groups in total. The quantitative estimate of drug-likeness (QED) is 0.153. The number of thiophene rings is 1. The molecule has 3 aliphatic carbocycles. The second-order valence-corrected chi connectivity index (χ2v) is 17.8.